The largest absolute Gasteiger partial charge is 0.385 e. The van der Waals surface area contributed by atoms with Gasteiger partial charge < -0.3 is 21.8 Å². The number of nitrogen functional groups attached to an aromatic ring is 1. The number of aromatic nitrogens is 4. The minimum absolute atomic E-state index is 0.123. The molecule has 0 spiro atoms. The summed E-state index contributed by atoms with van der Waals surface area (Å²) in [6.45, 7) is 0. The number of fused-ring (bicyclic) bond motifs is 2. The molecule has 12 heteroatoms. The van der Waals surface area contributed by atoms with Crippen LogP contribution in [0, 0.1) is 0 Å². The molecule has 4 heterocycles. The second kappa shape index (κ2) is 6.28. The molecule has 0 fully saturated rings. The molecule has 6 N–H and O–H groups in total. The molecule has 0 bridgehead atoms. The zero-order valence-corrected chi connectivity index (χ0v) is 14.0. The molecule has 0 aliphatic carbocycles. The first-order valence-corrected chi connectivity index (χ1v) is 9.09. The number of amidine groups is 2. The van der Waals surface area contributed by atoms with E-state index in [1.54, 1.807) is 23.5 Å². The Morgan fingerprint density at radius 3 is 2.88 bits per heavy atom. The average Bonchev–Trinajstić information content (AvgIpc) is 3.17. The van der Waals surface area contributed by atoms with Crippen molar-refractivity contribution in [3.8, 4) is 0 Å². The van der Waals surface area contributed by atoms with Crippen LogP contribution in [0.2, 0.25) is 0 Å². The highest BCUT2D eigenvalue weighted by Gasteiger charge is 2.32. The first kappa shape index (κ1) is 15.2. The van der Waals surface area contributed by atoms with Gasteiger partial charge in [0.15, 0.2) is 28.0 Å². The SMILES string of the molecule is NC1=NC=N[C@H]2N=C(SCCSc3nc4ncnc(N)c4[nH]3)N[C@@H]12. The van der Waals surface area contributed by atoms with Crippen molar-refractivity contribution in [1.29, 1.82) is 0 Å². The predicted octanol–water partition coefficient (Wildman–Crippen LogP) is -0.187. The molecule has 2 aliphatic rings. The number of aromatic amines is 1. The molecule has 0 saturated carbocycles. The molecule has 2 atom stereocenters. The van der Waals surface area contributed by atoms with Gasteiger partial charge in [-0.15, -0.1) is 0 Å². The lowest BCUT2D eigenvalue weighted by Gasteiger charge is -2.16. The fourth-order valence-electron chi connectivity index (χ4n) is 2.28. The van der Waals surface area contributed by atoms with Crippen molar-refractivity contribution in [3.63, 3.8) is 0 Å². The molecule has 0 aromatic carbocycles. The van der Waals surface area contributed by atoms with E-state index >= 15 is 0 Å². The summed E-state index contributed by atoms with van der Waals surface area (Å²) in [5.41, 5.74) is 12.9. The van der Waals surface area contributed by atoms with Gasteiger partial charge in [0.1, 0.15) is 30.1 Å². The lowest BCUT2D eigenvalue weighted by Crippen LogP contribution is -2.46. The third kappa shape index (κ3) is 2.89. The number of anilines is 1. The third-order valence-corrected chi connectivity index (χ3v) is 5.47. The van der Waals surface area contributed by atoms with Crippen LogP contribution >= 0.6 is 23.5 Å². The van der Waals surface area contributed by atoms with E-state index in [1.807, 2.05) is 0 Å². The number of nitrogens with one attached hydrogen (secondary N) is 2. The van der Waals surface area contributed by atoms with Crippen LogP contribution in [0.1, 0.15) is 0 Å². The van der Waals surface area contributed by atoms with Crippen molar-refractivity contribution in [2.45, 2.75) is 17.4 Å². The quantitative estimate of drug-likeness (QED) is 0.431. The molecule has 2 aromatic heterocycles. The van der Waals surface area contributed by atoms with Crippen LogP contribution in [-0.4, -0.2) is 61.0 Å². The van der Waals surface area contributed by atoms with Crippen LogP contribution < -0.4 is 16.8 Å². The van der Waals surface area contributed by atoms with Crippen molar-refractivity contribution >= 4 is 57.8 Å². The normalized spacial score (nSPS) is 22.2. The first-order chi connectivity index (χ1) is 11.7. The topological polar surface area (TPSA) is 156 Å². The predicted molar refractivity (Wildman–Crippen MR) is 97.5 cm³/mol. The van der Waals surface area contributed by atoms with E-state index in [-0.39, 0.29) is 12.2 Å². The van der Waals surface area contributed by atoms with Crippen molar-refractivity contribution in [3.05, 3.63) is 6.33 Å². The fourth-order valence-corrected chi connectivity index (χ4v) is 4.05. The van der Waals surface area contributed by atoms with Gasteiger partial charge in [0.2, 0.25) is 0 Å². The highest BCUT2D eigenvalue weighted by molar-refractivity contribution is 8.14. The van der Waals surface area contributed by atoms with Crippen LogP contribution in [0.5, 0.6) is 0 Å². The Balaban J connectivity index is 1.30. The standard InChI is InChI=1S/C12H14N10S2/c13-7-5-9(17-3-15-7)21-11(19-5)23-1-2-24-12-20-6-8(14)16-4-18-10(6)22-12/h3-5,9H,1-2H2,(H,19,21)(H2,13,15,17)(H3,14,16,18,20,22)/t5-,9-/m0/s1. The molecule has 0 saturated heterocycles. The summed E-state index contributed by atoms with van der Waals surface area (Å²) >= 11 is 3.21. The second-order valence-electron chi connectivity index (χ2n) is 4.98. The number of hydrogen-bond acceptors (Lipinski definition) is 11. The van der Waals surface area contributed by atoms with Gasteiger partial charge in [-0.05, 0) is 0 Å². The van der Waals surface area contributed by atoms with E-state index in [0.717, 1.165) is 21.8 Å². The Bertz CT molecular complexity index is 857. The minimum atomic E-state index is -0.199. The zero-order chi connectivity index (χ0) is 16.5. The molecular weight excluding hydrogens is 348 g/mol. The Morgan fingerprint density at radius 2 is 2.04 bits per heavy atom. The fraction of sp³-hybridized carbons (Fsp3) is 0.333. The Labute approximate surface area is 145 Å². The first-order valence-electron chi connectivity index (χ1n) is 7.11. The van der Waals surface area contributed by atoms with E-state index in [1.165, 1.54) is 12.7 Å². The maximum absolute atomic E-state index is 5.84. The number of nitrogens with two attached hydrogens (primary N) is 2. The highest BCUT2D eigenvalue weighted by Crippen LogP contribution is 2.23. The van der Waals surface area contributed by atoms with Crippen LogP contribution in [0.4, 0.5) is 5.82 Å². The number of imidazole rings is 1. The molecule has 4 rings (SSSR count). The molecule has 0 unspecified atom stereocenters. The molecule has 124 valence electrons. The molecule has 24 heavy (non-hydrogen) atoms. The van der Waals surface area contributed by atoms with Crippen LogP contribution in [-0.2, 0) is 0 Å². The number of nitrogens with zero attached hydrogens (tertiary/aromatic N) is 6. The van der Waals surface area contributed by atoms with Crippen molar-refractivity contribution in [1.82, 2.24) is 25.3 Å². The molecule has 0 amide bonds. The molecular formula is C12H14N10S2. The Morgan fingerprint density at radius 1 is 1.17 bits per heavy atom. The van der Waals surface area contributed by atoms with Crippen molar-refractivity contribution in [2.24, 2.45) is 20.7 Å². The lowest BCUT2D eigenvalue weighted by molar-refractivity contribution is 0.648. The number of hydrogen-bond donors (Lipinski definition) is 4. The summed E-state index contributed by atoms with van der Waals surface area (Å²) in [5.74, 6) is 2.63. The molecule has 2 aromatic rings. The maximum Gasteiger partial charge on any atom is 0.183 e. The maximum atomic E-state index is 5.84. The van der Waals surface area contributed by atoms with E-state index in [2.05, 4.69) is 40.2 Å². The smallest absolute Gasteiger partial charge is 0.183 e. The summed E-state index contributed by atoms with van der Waals surface area (Å²) in [6.07, 6.45) is 2.67. The van der Waals surface area contributed by atoms with Gasteiger partial charge in [0, 0.05) is 11.5 Å². The van der Waals surface area contributed by atoms with Gasteiger partial charge in [-0.1, -0.05) is 23.5 Å². The number of rotatable bonds is 4. The zero-order valence-electron chi connectivity index (χ0n) is 12.4. The van der Waals surface area contributed by atoms with Crippen molar-refractivity contribution in [2.75, 3.05) is 17.2 Å². The minimum Gasteiger partial charge on any atom is -0.385 e. The van der Waals surface area contributed by atoms with Gasteiger partial charge >= 0.3 is 0 Å². The van der Waals surface area contributed by atoms with Gasteiger partial charge in [-0.25, -0.2) is 29.9 Å². The summed E-state index contributed by atoms with van der Waals surface area (Å²) in [5, 5.41) is 4.85. The Hall–Kier alpha value is -2.34. The van der Waals surface area contributed by atoms with E-state index in [9.17, 15) is 0 Å². The number of thioether (sulfide) groups is 2. The monoisotopic (exact) mass is 362 g/mol. The van der Waals surface area contributed by atoms with Crippen LogP contribution in [0.15, 0.2) is 26.5 Å². The van der Waals surface area contributed by atoms with Crippen LogP contribution in [0.3, 0.4) is 0 Å². The molecule has 10 nitrogen and oxygen atoms in total. The van der Waals surface area contributed by atoms with Gasteiger partial charge in [0.05, 0.1) is 0 Å². The average molecular weight is 362 g/mol. The third-order valence-electron chi connectivity index (χ3n) is 3.43. The summed E-state index contributed by atoms with van der Waals surface area (Å²) in [4.78, 5) is 28.2. The van der Waals surface area contributed by atoms with Gasteiger partial charge in [-0.3, -0.25) is 0 Å². The van der Waals surface area contributed by atoms with Crippen molar-refractivity contribution < 1.29 is 0 Å². The van der Waals surface area contributed by atoms with Gasteiger partial charge in [-0.2, -0.15) is 0 Å². The summed E-state index contributed by atoms with van der Waals surface area (Å²) < 4.78 is 0. The molecule has 0 radical (unpaired) electrons. The highest BCUT2D eigenvalue weighted by atomic mass is 32.2. The Kier molecular flexibility index (Phi) is 3.98. The van der Waals surface area contributed by atoms with E-state index < -0.39 is 0 Å². The second-order valence-corrected chi connectivity index (χ2v) is 7.15. The van der Waals surface area contributed by atoms with E-state index in [0.29, 0.717) is 22.8 Å². The summed E-state index contributed by atoms with van der Waals surface area (Å²) in [7, 11) is 0. The number of H-pyrrole nitrogens is 1. The summed E-state index contributed by atoms with van der Waals surface area (Å²) in [6, 6.07) is -0.123. The van der Waals surface area contributed by atoms with E-state index in [4.69, 9.17) is 11.5 Å². The van der Waals surface area contributed by atoms with Crippen LogP contribution in [0.25, 0.3) is 11.2 Å². The number of aliphatic imine (C=N–C) groups is 3. The lowest BCUT2D eigenvalue weighted by atomic mass is 10.2. The van der Waals surface area contributed by atoms with Gasteiger partial charge in [0.25, 0.3) is 0 Å². The molecule has 2 aliphatic heterocycles.